The molecule has 0 fully saturated rings. The third-order valence-corrected chi connectivity index (χ3v) is 5.54. The Kier molecular flexibility index (Phi) is 7.29. The van der Waals surface area contributed by atoms with Crippen LogP contribution in [-0.2, 0) is 11.4 Å². The van der Waals surface area contributed by atoms with Crippen molar-refractivity contribution in [3.8, 4) is 22.8 Å². The molecule has 4 rings (SSSR count). The van der Waals surface area contributed by atoms with E-state index in [1.54, 1.807) is 41.8 Å². The first-order chi connectivity index (χ1) is 16.5. The number of nitrogens with zero attached hydrogens (tertiary/aromatic N) is 1. The van der Waals surface area contributed by atoms with Crippen LogP contribution >= 0.6 is 11.3 Å². The maximum atomic E-state index is 13.9. The summed E-state index contributed by atoms with van der Waals surface area (Å²) in [5.74, 6) is -0.330. The van der Waals surface area contributed by atoms with Crippen LogP contribution in [0.4, 0.5) is 13.9 Å². The molecule has 0 atom stereocenters. The van der Waals surface area contributed by atoms with Gasteiger partial charge in [-0.15, -0.1) is 11.3 Å². The topological polar surface area (TPSA) is 60.5 Å². The van der Waals surface area contributed by atoms with Crippen LogP contribution in [0, 0.1) is 11.6 Å². The molecule has 0 saturated carbocycles. The van der Waals surface area contributed by atoms with Crippen molar-refractivity contribution >= 4 is 28.5 Å². The number of anilines is 1. The summed E-state index contributed by atoms with van der Waals surface area (Å²) in [5, 5.41) is 4.85. The fraction of sp³-hybridized carbons (Fsp3) is 0.0769. The number of benzene rings is 3. The highest BCUT2D eigenvalue weighted by atomic mass is 32.1. The van der Waals surface area contributed by atoms with Crippen molar-refractivity contribution in [2.45, 2.75) is 6.61 Å². The van der Waals surface area contributed by atoms with E-state index < -0.39 is 5.82 Å². The molecule has 0 aliphatic heterocycles. The number of methoxy groups -OCH3 is 1. The minimum Gasteiger partial charge on any atom is -0.494 e. The SMILES string of the molecule is COc1ccc(-c2csc(NC(=O)/C=C/c3ccc(OCc4cccc(F)c4)cc3)n2)cc1F. The number of halogens is 2. The predicted octanol–water partition coefficient (Wildman–Crippen LogP) is 6.33. The highest BCUT2D eigenvalue weighted by Crippen LogP contribution is 2.28. The lowest BCUT2D eigenvalue weighted by atomic mass is 10.1. The third kappa shape index (κ3) is 6.05. The molecule has 34 heavy (non-hydrogen) atoms. The monoisotopic (exact) mass is 478 g/mol. The first-order valence-electron chi connectivity index (χ1n) is 10.3. The summed E-state index contributed by atoms with van der Waals surface area (Å²) in [7, 11) is 1.40. The zero-order chi connectivity index (χ0) is 23.9. The lowest BCUT2D eigenvalue weighted by Gasteiger charge is -2.06. The number of hydrogen-bond donors (Lipinski definition) is 1. The molecule has 1 aromatic heterocycles. The molecule has 0 aliphatic rings. The Morgan fingerprint density at radius 2 is 1.91 bits per heavy atom. The van der Waals surface area contributed by atoms with E-state index in [2.05, 4.69) is 10.3 Å². The van der Waals surface area contributed by atoms with Crippen molar-refractivity contribution in [2.75, 3.05) is 12.4 Å². The molecule has 0 radical (unpaired) electrons. The van der Waals surface area contributed by atoms with Crippen molar-refractivity contribution in [1.29, 1.82) is 0 Å². The first kappa shape index (κ1) is 23.1. The number of ether oxygens (including phenoxy) is 2. The van der Waals surface area contributed by atoms with Gasteiger partial charge < -0.3 is 9.47 Å². The van der Waals surface area contributed by atoms with Crippen molar-refractivity contribution < 1.29 is 23.0 Å². The van der Waals surface area contributed by atoms with Crippen LogP contribution < -0.4 is 14.8 Å². The molecule has 0 aliphatic carbocycles. The van der Waals surface area contributed by atoms with Crippen LogP contribution in [0.2, 0.25) is 0 Å². The molecule has 0 saturated heterocycles. The number of rotatable bonds is 8. The summed E-state index contributed by atoms with van der Waals surface area (Å²) < 4.78 is 37.7. The van der Waals surface area contributed by atoms with Crippen LogP contribution in [0.3, 0.4) is 0 Å². The number of carbonyl (C=O) groups is 1. The summed E-state index contributed by atoms with van der Waals surface area (Å²) in [5.41, 5.74) is 2.69. The molecular weight excluding hydrogens is 458 g/mol. The van der Waals surface area contributed by atoms with Crippen molar-refractivity contribution in [3.05, 3.63) is 101 Å². The molecule has 0 unspecified atom stereocenters. The Morgan fingerprint density at radius 3 is 2.65 bits per heavy atom. The summed E-state index contributed by atoms with van der Waals surface area (Å²) >= 11 is 1.25. The van der Waals surface area contributed by atoms with E-state index in [9.17, 15) is 13.6 Å². The van der Waals surface area contributed by atoms with E-state index in [-0.39, 0.29) is 24.1 Å². The average Bonchev–Trinajstić information content (AvgIpc) is 3.30. The van der Waals surface area contributed by atoms with Crippen LogP contribution in [0.25, 0.3) is 17.3 Å². The van der Waals surface area contributed by atoms with Gasteiger partial charge in [0, 0.05) is 17.0 Å². The minimum atomic E-state index is -0.480. The van der Waals surface area contributed by atoms with E-state index in [0.29, 0.717) is 22.1 Å². The average molecular weight is 479 g/mol. The van der Waals surface area contributed by atoms with Crippen LogP contribution in [0.15, 0.2) is 78.2 Å². The lowest BCUT2D eigenvalue weighted by molar-refractivity contribution is -0.111. The van der Waals surface area contributed by atoms with Crippen LogP contribution in [-0.4, -0.2) is 18.0 Å². The normalized spacial score (nSPS) is 10.9. The van der Waals surface area contributed by atoms with Gasteiger partial charge >= 0.3 is 0 Å². The number of nitrogens with one attached hydrogen (secondary N) is 1. The van der Waals surface area contributed by atoms with Gasteiger partial charge in [-0.3, -0.25) is 10.1 Å². The molecule has 1 heterocycles. The van der Waals surface area contributed by atoms with Gasteiger partial charge in [-0.1, -0.05) is 24.3 Å². The number of aromatic nitrogens is 1. The Labute approximate surface area is 199 Å². The largest absolute Gasteiger partial charge is 0.494 e. The highest BCUT2D eigenvalue weighted by molar-refractivity contribution is 7.14. The van der Waals surface area contributed by atoms with Gasteiger partial charge in [-0.05, 0) is 59.7 Å². The quantitative estimate of drug-likeness (QED) is 0.301. The maximum absolute atomic E-state index is 13.9. The Balaban J connectivity index is 1.31. The number of thiazole rings is 1. The molecule has 1 amide bonds. The second kappa shape index (κ2) is 10.7. The first-order valence-corrected chi connectivity index (χ1v) is 11.1. The molecule has 5 nitrogen and oxygen atoms in total. The van der Waals surface area contributed by atoms with Gasteiger partial charge in [-0.2, -0.15) is 0 Å². The zero-order valence-electron chi connectivity index (χ0n) is 18.1. The van der Waals surface area contributed by atoms with Gasteiger partial charge in [-0.25, -0.2) is 13.8 Å². The highest BCUT2D eigenvalue weighted by Gasteiger charge is 2.10. The summed E-state index contributed by atoms with van der Waals surface area (Å²) in [4.78, 5) is 16.6. The maximum Gasteiger partial charge on any atom is 0.250 e. The van der Waals surface area contributed by atoms with Gasteiger partial charge in [0.15, 0.2) is 16.7 Å². The number of amides is 1. The van der Waals surface area contributed by atoms with Crippen molar-refractivity contribution in [3.63, 3.8) is 0 Å². The van der Waals surface area contributed by atoms with E-state index in [1.165, 1.54) is 48.8 Å². The predicted molar refractivity (Wildman–Crippen MR) is 129 cm³/mol. The summed E-state index contributed by atoms with van der Waals surface area (Å²) in [6, 6.07) is 18.0. The molecule has 4 aromatic rings. The van der Waals surface area contributed by atoms with Gasteiger partial charge in [0.05, 0.1) is 12.8 Å². The van der Waals surface area contributed by atoms with E-state index in [4.69, 9.17) is 9.47 Å². The second-order valence-corrected chi connectivity index (χ2v) is 8.06. The summed E-state index contributed by atoms with van der Waals surface area (Å²) in [6.45, 7) is 0.258. The molecule has 1 N–H and O–H groups in total. The third-order valence-electron chi connectivity index (χ3n) is 4.78. The van der Waals surface area contributed by atoms with E-state index in [0.717, 1.165) is 11.1 Å². The van der Waals surface area contributed by atoms with E-state index in [1.807, 2.05) is 12.1 Å². The second-order valence-electron chi connectivity index (χ2n) is 7.20. The van der Waals surface area contributed by atoms with Gasteiger partial charge in [0.2, 0.25) is 5.91 Å². The molecule has 8 heteroatoms. The minimum absolute atomic E-state index is 0.156. The van der Waals surface area contributed by atoms with Crippen LogP contribution in [0.5, 0.6) is 11.5 Å². The van der Waals surface area contributed by atoms with E-state index >= 15 is 0 Å². The van der Waals surface area contributed by atoms with Gasteiger partial charge in [0.25, 0.3) is 0 Å². The Hall–Kier alpha value is -4.04. The van der Waals surface area contributed by atoms with Gasteiger partial charge in [0.1, 0.15) is 18.2 Å². The van der Waals surface area contributed by atoms with Crippen molar-refractivity contribution in [1.82, 2.24) is 4.98 Å². The Bertz CT molecular complexity index is 1320. The molecular formula is C26H20F2N2O3S. The lowest BCUT2D eigenvalue weighted by Crippen LogP contribution is -2.07. The number of carbonyl (C=O) groups excluding carboxylic acids is 1. The van der Waals surface area contributed by atoms with Crippen molar-refractivity contribution in [2.24, 2.45) is 0 Å². The molecule has 172 valence electrons. The Morgan fingerprint density at radius 1 is 1.09 bits per heavy atom. The smallest absolute Gasteiger partial charge is 0.250 e. The fourth-order valence-electron chi connectivity index (χ4n) is 3.08. The fourth-order valence-corrected chi connectivity index (χ4v) is 3.80. The molecule has 0 bridgehead atoms. The van der Waals surface area contributed by atoms with Crippen LogP contribution in [0.1, 0.15) is 11.1 Å². The standard InChI is InChI=1S/C26H20F2N2O3S/c1-32-24-11-8-19(14-22(24)28)23-16-34-26(29-23)30-25(31)12-7-17-5-9-21(10-6-17)33-15-18-3-2-4-20(27)13-18/h2-14,16H,15H2,1H3,(H,29,30,31)/b12-7+. The molecule has 0 spiro atoms. The molecule has 3 aromatic carbocycles. The zero-order valence-corrected chi connectivity index (χ0v) is 18.9. The summed E-state index contributed by atoms with van der Waals surface area (Å²) in [6.07, 6.45) is 3.07. The number of hydrogen-bond acceptors (Lipinski definition) is 5.